The van der Waals surface area contributed by atoms with Crippen LogP contribution in [-0.2, 0) is 4.79 Å². The Kier molecular flexibility index (Phi) is 4.30. The average molecular weight is 252 g/mol. The maximum Gasteiger partial charge on any atom is 0.312 e. The van der Waals surface area contributed by atoms with Crippen molar-refractivity contribution in [3.05, 3.63) is 30.0 Å². The fourth-order valence-corrected chi connectivity index (χ4v) is 1.90. The van der Waals surface area contributed by atoms with Crippen molar-refractivity contribution in [3.63, 3.8) is 0 Å². The van der Waals surface area contributed by atoms with E-state index in [-0.39, 0.29) is 12.0 Å². The van der Waals surface area contributed by atoms with Crippen molar-refractivity contribution in [1.82, 2.24) is 4.98 Å². The van der Waals surface area contributed by atoms with Gasteiger partial charge in [0.15, 0.2) is 0 Å². The van der Waals surface area contributed by atoms with Crippen molar-refractivity contribution in [2.75, 3.05) is 13.7 Å². The Bertz CT molecular complexity index is 550. The first-order chi connectivity index (χ1) is 8.17. The number of carboxylic acids is 1. The zero-order valence-electron chi connectivity index (χ0n) is 9.93. The van der Waals surface area contributed by atoms with Crippen molar-refractivity contribution in [1.29, 1.82) is 0 Å². The first-order valence-electron chi connectivity index (χ1n) is 5.25. The molecule has 98 valence electrons. The van der Waals surface area contributed by atoms with Crippen LogP contribution in [0.1, 0.15) is 11.5 Å². The monoisotopic (exact) mass is 252 g/mol. The van der Waals surface area contributed by atoms with Crippen molar-refractivity contribution in [3.8, 4) is 5.75 Å². The number of methoxy groups -OCH3 is 1. The molecule has 6 nitrogen and oxygen atoms in total. The summed E-state index contributed by atoms with van der Waals surface area (Å²) in [7, 11) is 1.57. The highest BCUT2D eigenvalue weighted by Gasteiger charge is 2.21. The molecule has 18 heavy (non-hydrogen) atoms. The summed E-state index contributed by atoms with van der Waals surface area (Å²) in [4.78, 5) is 14.1. The van der Waals surface area contributed by atoms with Crippen LogP contribution >= 0.6 is 0 Å². The van der Waals surface area contributed by atoms with Crippen LogP contribution in [0.5, 0.6) is 5.75 Å². The normalized spacial score (nSPS) is 11.9. The zero-order valence-corrected chi connectivity index (χ0v) is 9.93. The second kappa shape index (κ2) is 5.52. The van der Waals surface area contributed by atoms with Crippen LogP contribution in [0.4, 0.5) is 0 Å². The molecule has 1 heterocycles. The number of aromatic amines is 1. The lowest BCUT2D eigenvalue weighted by atomic mass is 9.99. The van der Waals surface area contributed by atoms with Crippen LogP contribution in [0, 0.1) is 0 Å². The van der Waals surface area contributed by atoms with Crippen LogP contribution in [-0.4, -0.2) is 35.2 Å². The van der Waals surface area contributed by atoms with E-state index in [9.17, 15) is 4.79 Å². The molecule has 0 aliphatic rings. The van der Waals surface area contributed by atoms with E-state index in [0.717, 1.165) is 10.9 Å². The number of nitrogens with one attached hydrogen (secondary N) is 1. The smallest absolute Gasteiger partial charge is 0.312 e. The molecule has 0 radical (unpaired) electrons. The number of carboxylic acid groups (broad SMARTS) is 1. The molecule has 6 N–H and O–H groups in total. The molecule has 2 rings (SSSR count). The van der Waals surface area contributed by atoms with Crippen LogP contribution in [0.15, 0.2) is 24.4 Å². The number of H-pyrrole nitrogens is 1. The Morgan fingerprint density at radius 2 is 2.28 bits per heavy atom. The summed E-state index contributed by atoms with van der Waals surface area (Å²) in [6, 6.07) is 5.49. The van der Waals surface area contributed by atoms with Gasteiger partial charge in [0.1, 0.15) is 5.75 Å². The van der Waals surface area contributed by atoms with Gasteiger partial charge in [0.05, 0.1) is 13.0 Å². The van der Waals surface area contributed by atoms with E-state index in [1.165, 1.54) is 0 Å². The SMILES string of the molecule is COc1ccc2[nH]cc(C(CN)C(=O)O)c2c1.O. The molecule has 1 aromatic carbocycles. The second-order valence-electron chi connectivity index (χ2n) is 3.78. The summed E-state index contributed by atoms with van der Waals surface area (Å²) >= 11 is 0. The highest BCUT2D eigenvalue weighted by molar-refractivity contribution is 5.90. The summed E-state index contributed by atoms with van der Waals surface area (Å²) in [5, 5.41) is 9.94. The van der Waals surface area contributed by atoms with E-state index in [2.05, 4.69) is 4.98 Å². The molecule has 0 fully saturated rings. The number of rotatable bonds is 4. The molecular weight excluding hydrogens is 236 g/mol. The van der Waals surface area contributed by atoms with Crippen LogP contribution in [0.25, 0.3) is 10.9 Å². The van der Waals surface area contributed by atoms with Crippen molar-refractivity contribution < 1.29 is 20.1 Å². The Labute approximate surface area is 104 Å². The predicted octanol–water partition coefficient (Wildman–Crippen LogP) is 0.479. The quantitative estimate of drug-likeness (QED) is 0.732. The van der Waals surface area contributed by atoms with Gasteiger partial charge in [0.25, 0.3) is 0 Å². The van der Waals surface area contributed by atoms with E-state index >= 15 is 0 Å². The minimum atomic E-state index is -0.920. The van der Waals surface area contributed by atoms with E-state index in [1.807, 2.05) is 18.2 Å². The fourth-order valence-electron chi connectivity index (χ4n) is 1.90. The fraction of sp³-hybridized carbons (Fsp3) is 0.250. The van der Waals surface area contributed by atoms with Crippen molar-refractivity contribution >= 4 is 16.9 Å². The van der Waals surface area contributed by atoms with E-state index in [0.29, 0.717) is 11.3 Å². The van der Waals surface area contributed by atoms with Gasteiger partial charge in [-0.2, -0.15) is 0 Å². The highest BCUT2D eigenvalue weighted by atomic mass is 16.5. The maximum absolute atomic E-state index is 11.1. The number of nitrogens with two attached hydrogens (primary N) is 1. The molecule has 1 aromatic heterocycles. The summed E-state index contributed by atoms with van der Waals surface area (Å²) in [6.45, 7) is 0.0689. The molecule has 0 bridgehead atoms. The van der Waals surface area contributed by atoms with Gasteiger partial charge in [0, 0.05) is 23.6 Å². The average Bonchev–Trinajstić information content (AvgIpc) is 2.73. The number of fused-ring (bicyclic) bond motifs is 1. The predicted molar refractivity (Wildman–Crippen MR) is 67.9 cm³/mol. The third kappa shape index (κ3) is 2.29. The van der Waals surface area contributed by atoms with Gasteiger partial charge >= 0.3 is 5.97 Å². The molecule has 6 heteroatoms. The number of hydrogen-bond donors (Lipinski definition) is 3. The zero-order chi connectivity index (χ0) is 12.4. The number of hydrogen-bond acceptors (Lipinski definition) is 3. The molecule has 2 aromatic rings. The Hall–Kier alpha value is -2.05. The topological polar surface area (TPSA) is 120 Å². The van der Waals surface area contributed by atoms with E-state index in [4.69, 9.17) is 15.6 Å². The minimum Gasteiger partial charge on any atom is -0.497 e. The maximum atomic E-state index is 11.1. The molecular formula is C12H16N2O4. The van der Waals surface area contributed by atoms with Gasteiger partial charge in [-0.1, -0.05) is 0 Å². The molecule has 1 unspecified atom stereocenters. The van der Waals surface area contributed by atoms with Crippen molar-refractivity contribution in [2.24, 2.45) is 5.73 Å². The molecule has 0 spiro atoms. The Balaban J connectivity index is 0.00000162. The second-order valence-corrected chi connectivity index (χ2v) is 3.78. The molecule has 0 aliphatic heterocycles. The van der Waals surface area contributed by atoms with Crippen LogP contribution in [0.2, 0.25) is 0 Å². The van der Waals surface area contributed by atoms with Crippen LogP contribution < -0.4 is 10.5 Å². The van der Waals surface area contributed by atoms with Gasteiger partial charge in [-0.05, 0) is 23.8 Å². The van der Waals surface area contributed by atoms with Gasteiger partial charge in [0.2, 0.25) is 0 Å². The standard InChI is InChI=1S/C12H14N2O3.H2O/c1-17-7-2-3-11-8(4-7)10(6-14-11)9(5-13)12(15)16;/h2-4,6,9,14H,5,13H2,1H3,(H,15,16);1H2. The van der Waals surface area contributed by atoms with E-state index in [1.54, 1.807) is 13.3 Å². The summed E-state index contributed by atoms with van der Waals surface area (Å²) < 4.78 is 5.13. The third-order valence-electron chi connectivity index (χ3n) is 2.83. The molecule has 1 atom stereocenters. The Morgan fingerprint density at radius 1 is 1.56 bits per heavy atom. The number of aromatic nitrogens is 1. The van der Waals surface area contributed by atoms with Crippen molar-refractivity contribution in [2.45, 2.75) is 5.92 Å². The van der Waals surface area contributed by atoms with Gasteiger partial charge in [-0.25, -0.2) is 0 Å². The van der Waals surface area contributed by atoms with E-state index < -0.39 is 11.9 Å². The first kappa shape index (κ1) is 14.0. The largest absolute Gasteiger partial charge is 0.497 e. The number of benzene rings is 1. The molecule has 0 saturated carbocycles. The van der Waals surface area contributed by atoms with Gasteiger partial charge in [-0.15, -0.1) is 0 Å². The summed E-state index contributed by atoms with van der Waals surface area (Å²) in [5.41, 5.74) is 7.06. The molecule has 0 saturated heterocycles. The first-order valence-corrected chi connectivity index (χ1v) is 5.25. The minimum absolute atomic E-state index is 0. The lowest BCUT2D eigenvalue weighted by Crippen LogP contribution is -2.20. The molecule has 0 amide bonds. The van der Waals surface area contributed by atoms with Gasteiger partial charge in [-0.3, -0.25) is 4.79 Å². The third-order valence-corrected chi connectivity index (χ3v) is 2.83. The lowest BCUT2D eigenvalue weighted by Gasteiger charge is -2.08. The lowest BCUT2D eigenvalue weighted by molar-refractivity contribution is -0.138. The molecule has 0 aliphatic carbocycles. The Morgan fingerprint density at radius 3 is 2.83 bits per heavy atom. The summed E-state index contributed by atoms with van der Waals surface area (Å²) in [5.74, 6) is -0.924. The van der Waals surface area contributed by atoms with Crippen LogP contribution in [0.3, 0.4) is 0 Å². The summed E-state index contributed by atoms with van der Waals surface area (Å²) in [6.07, 6.45) is 1.69. The van der Waals surface area contributed by atoms with Gasteiger partial charge < -0.3 is 26.0 Å². The number of carbonyl (C=O) groups is 1. The number of ether oxygens (including phenoxy) is 1. The number of aliphatic carboxylic acids is 1. The highest BCUT2D eigenvalue weighted by Crippen LogP contribution is 2.28.